The Kier molecular flexibility index (Phi) is 8.60. The average Bonchev–Trinajstić information content (AvgIpc) is 3.56. The van der Waals surface area contributed by atoms with Crippen molar-refractivity contribution in [2.45, 2.75) is 55.9 Å². The zero-order valence-electron chi connectivity index (χ0n) is 23.8. The molecule has 0 saturated carbocycles. The van der Waals surface area contributed by atoms with Crippen LogP contribution >= 0.6 is 11.6 Å². The van der Waals surface area contributed by atoms with Crippen molar-refractivity contribution in [2.75, 3.05) is 24.7 Å². The number of carbonyl (C=O) groups is 3. The van der Waals surface area contributed by atoms with E-state index in [1.807, 2.05) is 37.3 Å². The third-order valence-electron chi connectivity index (χ3n) is 8.91. The zero-order chi connectivity index (χ0) is 30.1. The van der Waals surface area contributed by atoms with E-state index in [1.165, 1.54) is 4.90 Å². The summed E-state index contributed by atoms with van der Waals surface area (Å²) in [6.07, 6.45) is 5.58. The number of rotatable bonds is 12. The van der Waals surface area contributed by atoms with Gasteiger partial charge in [-0.2, -0.15) is 0 Å². The van der Waals surface area contributed by atoms with Gasteiger partial charge in [0.1, 0.15) is 17.6 Å². The number of fused-ring (bicyclic) bond motifs is 1. The van der Waals surface area contributed by atoms with Gasteiger partial charge in [-0.15, -0.1) is 13.2 Å². The molecule has 2 amide bonds. The maximum atomic E-state index is 14.7. The number of hydrogen-bond acceptors (Lipinski definition) is 6. The standard InChI is InChI=1S/C33H37ClN2O6/c1-4-6-10-20-41-31(40)27-26-29(38)36(25(21-37)22-11-8-7-9-12-22)28(33(26)18-17-32(27,3)42-33)30(39)35(19-5-2)24-15-13-23(34)14-16-24/h4-5,7-9,11-16,25-28,37H,1-2,6,10,17-21H2,3H3/t25-,26+,27-,28?,32+,33?/m1/s1. The van der Waals surface area contributed by atoms with Crippen LogP contribution in [0.25, 0.3) is 0 Å². The fourth-order valence-corrected chi connectivity index (χ4v) is 7.20. The quantitative estimate of drug-likeness (QED) is 0.215. The van der Waals surface area contributed by atoms with Crippen LogP contribution < -0.4 is 4.90 Å². The number of esters is 1. The maximum absolute atomic E-state index is 14.7. The average molecular weight is 593 g/mol. The number of amides is 2. The minimum atomic E-state index is -1.28. The molecule has 6 atom stereocenters. The number of aliphatic hydroxyl groups excluding tert-OH is 1. The molecule has 3 heterocycles. The van der Waals surface area contributed by atoms with Crippen LogP contribution in [0.4, 0.5) is 5.69 Å². The summed E-state index contributed by atoms with van der Waals surface area (Å²) in [5.41, 5.74) is -0.991. The van der Waals surface area contributed by atoms with Gasteiger partial charge in [0.15, 0.2) is 0 Å². The summed E-state index contributed by atoms with van der Waals surface area (Å²) < 4.78 is 12.4. The summed E-state index contributed by atoms with van der Waals surface area (Å²) in [6.45, 7) is 9.33. The minimum absolute atomic E-state index is 0.168. The van der Waals surface area contributed by atoms with E-state index in [0.29, 0.717) is 42.0 Å². The third kappa shape index (κ3) is 4.95. The number of nitrogens with zero attached hydrogens (tertiary/aromatic N) is 2. The predicted molar refractivity (Wildman–Crippen MR) is 160 cm³/mol. The van der Waals surface area contributed by atoms with Crippen LogP contribution in [0.5, 0.6) is 0 Å². The molecule has 1 N–H and O–H groups in total. The number of benzene rings is 2. The Morgan fingerprint density at radius 1 is 1.17 bits per heavy atom. The highest BCUT2D eigenvalue weighted by atomic mass is 35.5. The summed E-state index contributed by atoms with van der Waals surface area (Å²) in [5.74, 6) is -3.11. The lowest BCUT2D eigenvalue weighted by Gasteiger charge is -2.39. The Balaban J connectivity index is 1.61. The molecule has 2 aromatic rings. The first-order valence-corrected chi connectivity index (χ1v) is 14.7. The predicted octanol–water partition coefficient (Wildman–Crippen LogP) is 4.87. The molecule has 0 radical (unpaired) electrons. The minimum Gasteiger partial charge on any atom is -0.465 e. The molecule has 5 rings (SSSR count). The van der Waals surface area contributed by atoms with Crippen LogP contribution in [-0.2, 0) is 23.9 Å². The molecule has 222 valence electrons. The lowest BCUT2D eigenvalue weighted by Crippen LogP contribution is -2.57. The lowest BCUT2D eigenvalue weighted by molar-refractivity contribution is -0.160. The summed E-state index contributed by atoms with van der Waals surface area (Å²) >= 11 is 6.14. The number of carbonyl (C=O) groups excluding carboxylic acids is 3. The van der Waals surface area contributed by atoms with Gasteiger partial charge in [0.2, 0.25) is 5.91 Å². The summed E-state index contributed by atoms with van der Waals surface area (Å²) in [4.78, 5) is 45.9. The molecule has 0 aliphatic carbocycles. The molecular weight excluding hydrogens is 556 g/mol. The molecule has 42 heavy (non-hydrogen) atoms. The van der Waals surface area contributed by atoms with Gasteiger partial charge in [-0.05, 0) is 62.4 Å². The number of hydrogen-bond donors (Lipinski definition) is 1. The summed E-state index contributed by atoms with van der Waals surface area (Å²) in [6, 6.07) is 14.0. The highest BCUT2D eigenvalue weighted by molar-refractivity contribution is 6.30. The van der Waals surface area contributed by atoms with Gasteiger partial charge in [-0.25, -0.2) is 0 Å². The fraction of sp³-hybridized carbons (Fsp3) is 0.424. The first-order chi connectivity index (χ1) is 20.2. The Morgan fingerprint density at radius 3 is 2.52 bits per heavy atom. The molecule has 2 unspecified atom stereocenters. The Bertz CT molecular complexity index is 1350. The largest absolute Gasteiger partial charge is 0.465 e. The molecule has 9 heteroatoms. The SMILES string of the molecule is C=CCCCOC(=O)[C@H]1[C@H]2C(=O)N([C@H](CO)c3ccccc3)C(C(=O)N(CC=C)c3ccc(Cl)cc3)C23CC[C@]1(C)O3. The second-order valence-electron chi connectivity index (χ2n) is 11.4. The van der Waals surface area contributed by atoms with E-state index in [0.717, 1.165) is 0 Å². The van der Waals surface area contributed by atoms with E-state index >= 15 is 0 Å². The zero-order valence-corrected chi connectivity index (χ0v) is 24.5. The van der Waals surface area contributed by atoms with Gasteiger partial charge in [0.05, 0.1) is 30.8 Å². The third-order valence-corrected chi connectivity index (χ3v) is 9.16. The van der Waals surface area contributed by atoms with Crippen molar-refractivity contribution in [3.8, 4) is 0 Å². The molecular formula is C33H37ClN2O6. The van der Waals surface area contributed by atoms with Gasteiger partial charge in [-0.1, -0.05) is 54.1 Å². The second-order valence-corrected chi connectivity index (χ2v) is 11.8. The summed E-state index contributed by atoms with van der Waals surface area (Å²) in [5, 5.41) is 11.2. The molecule has 3 aliphatic heterocycles. The Labute approximate surface area is 251 Å². The number of anilines is 1. The number of allylic oxidation sites excluding steroid dienone is 1. The van der Waals surface area contributed by atoms with E-state index in [9.17, 15) is 19.5 Å². The molecule has 3 aliphatic rings. The van der Waals surface area contributed by atoms with Gasteiger partial charge >= 0.3 is 5.97 Å². The molecule has 0 aromatic heterocycles. The van der Waals surface area contributed by atoms with Crippen molar-refractivity contribution >= 4 is 35.1 Å². The molecule has 1 spiro atoms. The van der Waals surface area contributed by atoms with Crippen LogP contribution in [0, 0.1) is 11.8 Å². The van der Waals surface area contributed by atoms with Crippen LogP contribution in [0.15, 0.2) is 79.9 Å². The van der Waals surface area contributed by atoms with E-state index < -0.39 is 53.6 Å². The van der Waals surface area contributed by atoms with E-state index in [1.54, 1.807) is 41.3 Å². The van der Waals surface area contributed by atoms with Crippen LogP contribution in [0.2, 0.25) is 5.02 Å². The van der Waals surface area contributed by atoms with Crippen LogP contribution in [-0.4, -0.2) is 64.8 Å². The number of unbranched alkanes of at least 4 members (excludes halogenated alkanes) is 1. The van der Waals surface area contributed by atoms with Gasteiger partial charge in [0, 0.05) is 17.3 Å². The smallest absolute Gasteiger partial charge is 0.312 e. The van der Waals surface area contributed by atoms with E-state index in [4.69, 9.17) is 21.1 Å². The van der Waals surface area contributed by atoms with Gasteiger partial charge < -0.3 is 24.4 Å². The van der Waals surface area contributed by atoms with E-state index in [2.05, 4.69) is 13.2 Å². The molecule has 3 saturated heterocycles. The molecule has 3 fully saturated rings. The molecule has 2 bridgehead atoms. The number of likely N-dealkylation sites (tertiary alicyclic amines) is 1. The monoisotopic (exact) mass is 592 g/mol. The topological polar surface area (TPSA) is 96.4 Å². The highest BCUT2D eigenvalue weighted by Crippen LogP contribution is 2.64. The first kappa shape index (κ1) is 30.0. The van der Waals surface area contributed by atoms with Crippen LogP contribution in [0.3, 0.4) is 0 Å². The number of aliphatic hydroxyl groups is 1. The van der Waals surface area contributed by atoms with Gasteiger partial charge in [0.25, 0.3) is 5.91 Å². The van der Waals surface area contributed by atoms with Gasteiger partial charge in [-0.3, -0.25) is 14.4 Å². The summed E-state index contributed by atoms with van der Waals surface area (Å²) in [7, 11) is 0. The Morgan fingerprint density at radius 2 is 1.88 bits per heavy atom. The first-order valence-electron chi connectivity index (χ1n) is 14.4. The number of halogens is 1. The van der Waals surface area contributed by atoms with E-state index in [-0.39, 0.29) is 19.1 Å². The van der Waals surface area contributed by atoms with Crippen LogP contribution in [0.1, 0.15) is 44.2 Å². The normalized spacial score (nSPS) is 28.3. The second kappa shape index (κ2) is 12.0. The fourth-order valence-electron chi connectivity index (χ4n) is 7.08. The van der Waals surface area contributed by atoms with Crippen molar-refractivity contribution in [3.63, 3.8) is 0 Å². The molecule has 2 aromatic carbocycles. The van der Waals surface area contributed by atoms with Crippen molar-refractivity contribution < 1.29 is 29.0 Å². The highest BCUT2D eigenvalue weighted by Gasteiger charge is 2.79. The van der Waals surface area contributed by atoms with Crippen molar-refractivity contribution in [2.24, 2.45) is 11.8 Å². The Hall–Kier alpha value is -3.46. The van der Waals surface area contributed by atoms with Crippen molar-refractivity contribution in [1.29, 1.82) is 0 Å². The van der Waals surface area contributed by atoms with Crippen molar-refractivity contribution in [3.05, 3.63) is 90.5 Å². The number of ether oxygens (including phenoxy) is 2. The lowest BCUT2D eigenvalue weighted by atomic mass is 9.66. The molecule has 8 nitrogen and oxygen atoms in total. The van der Waals surface area contributed by atoms with Crippen molar-refractivity contribution in [1.82, 2.24) is 4.90 Å². The maximum Gasteiger partial charge on any atom is 0.312 e.